The summed E-state index contributed by atoms with van der Waals surface area (Å²) >= 11 is 6.51. The molecule has 0 atom stereocenters. The molecular formula is C27H34ClN5O4. The quantitative estimate of drug-likeness (QED) is 0.300. The van der Waals surface area contributed by atoms with E-state index in [0.717, 1.165) is 18.4 Å². The van der Waals surface area contributed by atoms with Gasteiger partial charge in [-0.05, 0) is 44.0 Å². The standard InChI is InChI=1S/C27H34ClN5O4/c1-6-7-8-9-14-37-22-13-11-19(17-29-22)23-31-24(33-26(32-23)35-4)20-15-18(10-12-21(20)28)16-30-25(34)27(2,3)36-5/h10-13,15,17H,6-9,14,16H2,1-5H3,(H,30,34). The number of amides is 1. The Kier molecular flexibility index (Phi) is 10.2. The van der Waals surface area contributed by atoms with Crippen LogP contribution < -0.4 is 14.8 Å². The highest BCUT2D eigenvalue weighted by Crippen LogP contribution is 2.29. The second-order valence-corrected chi connectivity index (χ2v) is 9.38. The normalized spacial score (nSPS) is 11.3. The molecule has 0 aliphatic carbocycles. The molecule has 0 aliphatic rings. The monoisotopic (exact) mass is 527 g/mol. The van der Waals surface area contributed by atoms with E-state index in [1.54, 1.807) is 32.2 Å². The zero-order valence-corrected chi connectivity index (χ0v) is 22.8. The van der Waals surface area contributed by atoms with Gasteiger partial charge >= 0.3 is 6.01 Å². The number of rotatable bonds is 13. The maximum atomic E-state index is 12.4. The number of pyridine rings is 1. The number of benzene rings is 1. The highest BCUT2D eigenvalue weighted by atomic mass is 35.5. The van der Waals surface area contributed by atoms with Gasteiger partial charge in [-0.3, -0.25) is 4.79 Å². The second-order valence-electron chi connectivity index (χ2n) is 8.97. The number of carbonyl (C=O) groups is 1. The average Bonchev–Trinajstić information content (AvgIpc) is 2.92. The molecule has 0 bridgehead atoms. The van der Waals surface area contributed by atoms with Crippen LogP contribution in [0.15, 0.2) is 36.5 Å². The van der Waals surface area contributed by atoms with E-state index in [1.807, 2.05) is 18.2 Å². The summed E-state index contributed by atoms with van der Waals surface area (Å²) in [5, 5.41) is 3.33. The summed E-state index contributed by atoms with van der Waals surface area (Å²) in [4.78, 5) is 30.2. The molecule has 0 spiro atoms. The Morgan fingerprint density at radius 2 is 1.81 bits per heavy atom. The lowest BCUT2D eigenvalue weighted by Crippen LogP contribution is -2.43. The van der Waals surface area contributed by atoms with Crippen LogP contribution in [0.5, 0.6) is 11.9 Å². The number of nitrogens with zero attached hydrogens (tertiary/aromatic N) is 4. The van der Waals surface area contributed by atoms with Crippen LogP contribution in [0.3, 0.4) is 0 Å². The summed E-state index contributed by atoms with van der Waals surface area (Å²) in [6.45, 7) is 6.51. The van der Waals surface area contributed by atoms with E-state index in [4.69, 9.17) is 25.8 Å². The van der Waals surface area contributed by atoms with Crippen LogP contribution in [-0.4, -0.2) is 52.3 Å². The zero-order chi connectivity index (χ0) is 26.8. The molecule has 9 nitrogen and oxygen atoms in total. The first-order valence-corrected chi connectivity index (χ1v) is 12.7. The van der Waals surface area contributed by atoms with E-state index in [2.05, 4.69) is 32.2 Å². The molecule has 10 heteroatoms. The van der Waals surface area contributed by atoms with Gasteiger partial charge < -0.3 is 19.5 Å². The minimum Gasteiger partial charge on any atom is -0.478 e. The number of aromatic nitrogens is 4. The van der Waals surface area contributed by atoms with Crippen LogP contribution in [0.1, 0.15) is 52.0 Å². The van der Waals surface area contributed by atoms with Gasteiger partial charge in [-0.2, -0.15) is 9.97 Å². The van der Waals surface area contributed by atoms with Crippen LogP contribution >= 0.6 is 11.6 Å². The SMILES string of the molecule is CCCCCCOc1ccc(-c2nc(OC)nc(-c3cc(CNC(=O)C(C)(C)OC)ccc3Cl)n2)cn1. The van der Waals surface area contributed by atoms with Crippen LogP contribution in [0.4, 0.5) is 0 Å². The Morgan fingerprint density at radius 3 is 2.49 bits per heavy atom. The molecule has 1 amide bonds. The van der Waals surface area contributed by atoms with Crippen molar-refractivity contribution in [2.75, 3.05) is 20.8 Å². The average molecular weight is 528 g/mol. The molecule has 1 aromatic carbocycles. The van der Waals surface area contributed by atoms with Crippen molar-refractivity contribution in [2.45, 2.75) is 58.6 Å². The third-order valence-corrected chi connectivity index (χ3v) is 6.15. The number of ether oxygens (including phenoxy) is 3. The van der Waals surface area contributed by atoms with Gasteiger partial charge in [-0.1, -0.05) is 43.9 Å². The molecule has 0 aliphatic heterocycles. The van der Waals surface area contributed by atoms with Crippen molar-refractivity contribution in [3.8, 4) is 34.7 Å². The minimum absolute atomic E-state index is 0.146. The molecular weight excluding hydrogens is 494 g/mol. The summed E-state index contributed by atoms with van der Waals surface area (Å²) in [6.07, 6.45) is 6.18. The van der Waals surface area contributed by atoms with Gasteiger partial charge in [0.15, 0.2) is 11.6 Å². The van der Waals surface area contributed by atoms with E-state index < -0.39 is 5.60 Å². The van der Waals surface area contributed by atoms with Crippen molar-refractivity contribution >= 4 is 17.5 Å². The maximum Gasteiger partial charge on any atom is 0.320 e. The lowest BCUT2D eigenvalue weighted by atomic mass is 10.1. The fraction of sp³-hybridized carbons (Fsp3) is 0.444. The smallest absolute Gasteiger partial charge is 0.320 e. The summed E-state index contributed by atoms with van der Waals surface area (Å²) in [5.41, 5.74) is 1.15. The second kappa shape index (κ2) is 13.3. The van der Waals surface area contributed by atoms with Crippen molar-refractivity contribution in [1.82, 2.24) is 25.3 Å². The number of unbranched alkanes of at least 4 members (excludes halogenated alkanes) is 3. The number of hydrogen-bond donors (Lipinski definition) is 1. The van der Waals surface area contributed by atoms with E-state index >= 15 is 0 Å². The van der Waals surface area contributed by atoms with Crippen LogP contribution in [0.25, 0.3) is 22.8 Å². The molecule has 0 saturated heterocycles. The summed E-state index contributed by atoms with van der Waals surface area (Å²) < 4.78 is 16.3. The van der Waals surface area contributed by atoms with Crippen LogP contribution in [-0.2, 0) is 16.1 Å². The van der Waals surface area contributed by atoms with Crippen molar-refractivity contribution in [2.24, 2.45) is 0 Å². The van der Waals surface area contributed by atoms with Gasteiger partial charge in [0, 0.05) is 37.0 Å². The lowest BCUT2D eigenvalue weighted by molar-refractivity contribution is -0.139. The highest BCUT2D eigenvalue weighted by Gasteiger charge is 2.26. The van der Waals surface area contributed by atoms with Crippen LogP contribution in [0.2, 0.25) is 5.02 Å². The number of methoxy groups -OCH3 is 2. The van der Waals surface area contributed by atoms with Gasteiger partial charge in [0.25, 0.3) is 5.91 Å². The minimum atomic E-state index is -0.935. The number of nitrogens with one attached hydrogen (secondary N) is 1. The molecule has 0 radical (unpaired) electrons. The van der Waals surface area contributed by atoms with Crippen LogP contribution in [0, 0.1) is 0 Å². The molecule has 3 rings (SSSR count). The Morgan fingerprint density at radius 1 is 1.03 bits per heavy atom. The third-order valence-electron chi connectivity index (χ3n) is 5.82. The van der Waals surface area contributed by atoms with Gasteiger partial charge in [0.1, 0.15) is 5.60 Å². The molecule has 0 unspecified atom stereocenters. The number of hydrogen-bond acceptors (Lipinski definition) is 8. The number of halogens is 1. The van der Waals surface area contributed by atoms with E-state index in [9.17, 15) is 4.79 Å². The lowest BCUT2D eigenvalue weighted by Gasteiger charge is -2.21. The van der Waals surface area contributed by atoms with Gasteiger partial charge in [0.2, 0.25) is 5.88 Å². The molecule has 2 heterocycles. The van der Waals surface area contributed by atoms with Gasteiger partial charge in [-0.25, -0.2) is 9.97 Å². The molecule has 2 aromatic heterocycles. The van der Waals surface area contributed by atoms with Crippen molar-refractivity contribution < 1.29 is 19.0 Å². The molecule has 3 aromatic rings. The number of carbonyl (C=O) groups excluding carboxylic acids is 1. The Labute approximate surface area is 223 Å². The maximum absolute atomic E-state index is 12.4. The first-order valence-electron chi connectivity index (χ1n) is 12.3. The first kappa shape index (κ1) is 28.3. The third kappa shape index (κ3) is 7.84. The Balaban J connectivity index is 1.81. The largest absolute Gasteiger partial charge is 0.478 e. The molecule has 198 valence electrons. The summed E-state index contributed by atoms with van der Waals surface area (Å²) in [7, 11) is 2.98. The topological polar surface area (TPSA) is 108 Å². The predicted molar refractivity (Wildman–Crippen MR) is 143 cm³/mol. The zero-order valence-electron chi connectivity index (χ0n) is 22.0. The van der Waals surface area contributed by atoms with E-state index in [1.165, 1.54) is 27.1 Å². The van der Waals surface area contributed by atoms with Crippen molar-refractivity contribution in [1.29, 1.82) is 0 Å². The molecule has 0 saturated carbocycles. The first-order chi connectivity index (χ1) is 17.8. The Bertz CT molecular complexity index is 1190. The Hall–Kier alpha value is -3.30. The fourth-order valence-electron chi connectivity index (χ4n) is 3.34. The summed E-state index contributed by atoms with van der Waals surface area (Å²) in [6, 6.07) is 9.18. The summed E-state index contributed by atoms with van der Waals surface area (Å²) in [5.74, 6) is 1.06. The van der Waals surface area contributed by atoms with Gasteiger partial charge in [-0.15, -0.1) is 0 Å². The predicted octanol–water partition coefficient (Wildman–Crippen LogP) is 5.26. The van der Waals surface area contributed by atoms with Gasteiger partial charge in [0.05, 0.1) is 18.7 Å². The molecule has 37 heavy (non-hydrogen) atoms. The van der Waals surface area contributed by atoms with Crippen molar-refractivity contribution in [3.05, 3.63) is 47.1 Å². The van der Waals surface area contributed by atoms with E-state index in [-0.39, 0.29) is 18.5 Å². The molecule has 1 N–H and O–H groups in total. The molecule has 0 fully saturated rings. The van der Waals surface area contributed by atoms with E-state index in [0.29, 0.717) is 40.3 Å². The fourth-order valence-corrected chi connectivity index (χ4v) is 3.54. The van der Waals surface area contributed by atoms with Crippen molar-refractivity contribution in [3.63, 3.8) is 0 Å². The highest BCUT2D eigenvalue weighted by molar-refractivity contribution is 6.33.